The number of nitrogens with one attached hydrogen (secondary N) is 1. The van der Waals surface area contributed by atoms with E-state index in [9.17, 15) is 4.79 Å². The van der Waals surface area contributed by atoms with Crippen molar-refractivity contribution in [3.05, 3.63) is 35.4 Å². The number of ether oxygens (including phenoxy) is 1. The first-order valence-corrected chi connectivity index (χ1v) is 8.37. The topological polar surface area (TPSA) is 64.3 Å². The van der Waals surface area contributed by atoms with Crippen molar-refractivity contribution < 1.29 is 9.53 Å². The predicted octanol–water partition coefficient (Wildman–Crippen LogP) is 2.75. The third kappa shape index (κ3) is 5.11. The molecule has 1 aliphatic carbocycles. The maximum atomic E-state index is 12.1. The van der Waals surface area contributed by atoms with Crippen LogP contribution in [0.1, 0.15) is 50.2 Å². The highest BCUT2D eigenvalue weighted by atomic mass is 16.5. The number of hydrogen-bond donors (Lipinski definition) is 2. The second-order valence-electron chi connectivity index (χ2n) is 6.16. The van der Waals surface area contributed by atoms with Crippen LogP contribution < -0.4 is 11.1 Å². The summed E-state index contributed by atoms with van der Waals surface area (Å²) in [5.74, 6) is 0.453. The molecule has 4 nitrogen and oxygen atoms in total. The predicted molar refractivity (Wildman–Crippen MR) is 88.2 cm³/mol. The van der Waals surface area contributed by atoms with E-state index in [1.54, 1.807) is 0 Å². The summed E-state index contributed by atoms with van der Waals surface area (Å²) in [6.07, 6.45) is 4.85. The summed E-state index contributed by atoms with van der Waals surface area (Å²) in [5.41, 5.74) is 8.30. The Hall–Kier alpha value is -1.39. The smallest absolute Gasteiger partial charge is 0.220 e. The van der Waals surface area contributed by atoms with Crippen LogP contribution in [0.4, 0.5) is 0 Å². The monoisotopic (exact) mass is 304 g/mol. The van der Waals surface area contributed by atoms with Crippen LogP contribution in [-0.4, -0.2) is 18.6 Å². The number of carbonyl (C=O) groups excluding carboxylic acids is 1. The van der Waals surface area contributed by atoms with Crippen LogP contribution in [0.15, 0.2) is 24.3 Å². The summed E-state index contributed by atoms with van der Waals surface area (Å²) in [5, 5.41) is 3.03. The molecule has 2 rings (SSSR count). The first kappa shape index (κ1) is 17.0. The highest BCUT2D eigenvalue weighted by Gasteiger charge is 2.25. The van der Waals surface area contributed by atoms with E-state index in [0.29, 0.717) is 25.5 Å². The Morgan fingerprint density at radius 1 is 1.32 bits per heavy atom. The Kier molecular flexibility index (Phi) is 6.87. The molecule has 1 saturated carbocycles. The third-order valence-electron chi connectivity index (χ3n) is 4.37. The van der Waals surface area contributed by atoms with Gasteiger partial charge in [-0.15, -0.1) is 0 Å². The zero-order valence-corrected chi connectivity index (χ0v) is 13.5. The van der Waals surface area contributed by atoms with Crippen LogP contribution in [0.3, 0.4) is 0 Å². The first-order chi connectivity index (χ1) is 10.7. The fourth-order valence-corrected chi connectivity index (χ4v) is 3.02. The molecule has 0 saturated heterocycles. The van der Waals surface area contributed by atoms with Crippen molar-refractivity contribution >= 4 is 5.91 Å². The molecule has 1 fully saturated rings. The van der Waals surface area contributed by atoms with Crippen LogP contribution in [0.5, 0.6) is 0 Å². The van der Waals surface area contributed by atoms with Crippen LogP contribution in [0, 0.1) is 5.92 Å². The van der Waals surface area contributed by atoms with Crippen molar-refractivity contribution in [1.82, 2.24) is 5.32 Å². The van der Waals surface area contributed by atoms with Crippen molar-refractivity contribution in [3.8, 4) is 0 Å². The maximum Gasteiger partial charge on any atom is 0.220 e. The minimum Gasteiger partial charge on any atom is -0.377 e. The van der Waals surface area contributed by atoms with E-state index < -0.39 is 0 Å². The van der Waals surface area contributed by atoms with Gasteiger partial charge in [0.2, 0.25) is 5.91 Å². The molecule has 3 N–H and O–H groups in total. The summed E-state index contributed by atoms with van der Waals surface area (Å²) in [6.45, 7) is 4.03. The molecular formula is C18H28N2O2. The molecule has 0 bridgehead atoms. The number of carbonyl (C=O) groups is 1. The Morgan fingerprint density at radius 2 is 2.09 bits per heavy atom. The van der Waals surface area contributed by atoms with E-state index in [1.165, 1.54) is 0 Å². The Labute approximate surface area is 133 Å². The van der Waals surface area contributed by atoms with Gasteiger partial charge in [-0.1, -0.05) is 37.6 Å². The van der Waals surface area contributed by atoms with Gasteiger partial charge < -0.3 is 15.8 Å². The van der Waals surface area contributed by atoms with E-state index in [2.05, 4.69) is 18.3 Å². The Balaban J connectivity index is 1.81. The van der Waals surface area contributed by atoms with E-state index in [-0.39, 0.29) is 11.9 Å². The molecule has 122 valence electrons. The standard InChI is InChI=1S/C18H28N2O2/c1-2-10-22-13-16-7-4-3-6-15(16)12-20-18(21)11-14-8-5-9-17(14)19/h3-4,6-7,14,17H,2,5,8-13,19H2,1H3,(H,20,21)/t14-,17+/m0/s1. The molecule has 22 heavy (non-hydrogen) atoms. The van der Waals surface area contributed by atoms with Crippen molar-refractivity contribution in [2.75, 3.05) is 6.61 Å². The summed E-state index contributed by atoms with van der Waals surface area (Å²) in [4.78, 5) is 12.1. The van der Waals surface area contributed by atoms with Crippen LogP contribution in [0.2, 0.25) is 0 Å². The second kappa shape index (κ2) is 8.91. The van der Waals surface area contributed by atoms with Gasteiger partial charge in [0.25, 0.3) is 0 Å². The normalized spacial score (nSPS) is 21.0. The van der Waals surface area contributed by atoms with Gasteiger partial charge in [0.05, 0.1) is 6.61 Å². The van der Waals surface area contributed by atoms with Crippen LogP contribution in [0.25, 0.3) is 0 Å². The highest BCUT2D eigenvalue weighted by Crippen LogP contribution is 2.26. The third-order valence-corrected chi connectivity index (χ3v) is 4.37. The van der Waals surface area contributed by atoms with Gasteiger partial charge >= 0.3 is 0 Å². The van der Waals surface area contributed by atoms with Crippen molar-refractivity contribution in [2.45, 2.75) is 58.2 Å². The molecule has 1 amide bonds. The lowest BCUT2D eigenvalue weighted by Gasteiger charge is -2.15. The van der Waals surface area contributed by atoms with Gasteiger partial charge in [0.1, 0.15) is 0 Å². The first-order valence-electron chi connectivity index (χ1n) is 8.37. The number of benzene rings is 1. The lowest BCUT2D eigenvalue weighted by molar-refractivity contribution is -0.122. The van der Waals surface area contributed by atoms with Gasteiger partial charge in [0, 0.05) is 25.6 Å². The summed E-state index contributed by atoms with van der Waals surface area (Å²) in [6, 6.07) is 8.31. The van der Waals surface area contributed by atoms with Crippen LogP contribution >= 0.6 is 0 Å². The molecule has 2 atom stereocenters. The quantitative estimate of drug-likeness (QED) is 0.726. The molecule has 4 heteroatoms. The molecule has 1 aromatic rings. The van der Waals surface area contributed by atoms with Crippen LogP contribution in [-0.2, 0) is 22.7 Å². The molecule has 0 unspecified atom stereocenters. The molecule has 1 aromatic carbocycles. The zero-order valence-electron chi connectivity index (χ0n) is 13.5. The van der Waals surface area contributed by atoms with Gasteiger partial charge in [-0.2, -0.15) is 0 Å². The molecule has 0 aromatic heterocycles. The van der Waals surface area contributed by atoms with E-state index in [1.807, 2.05) is 18.2 Å². The fourth-order valence-electron chi connectivity index (χ4n) is 3.02. The minimum atomic E-state index is 0.103. The average Bonchev–Trinajstić information content (AvgIpc) is 2.92. The molecule has 0 radical (unpaired) electrons. The Bertz CT molecular complexity index is 476. The number of hydrogen-bond acceptors (Lipinski definition) is 3. The number of rotatable bonds is 8. The van der Waals surface area contributed by atoms with E-state index in [4.69, 9.17) is 10.5 Å². The lowest BCUT2D eigenvalue weighted by Crippen LogP contribution is -2.31. The molecule has 0 aliphatic heterocycles. The second-order valence-corrected chi connectivity index (χ2v) is 6.16. The highest BCUT2D eigenvalue weighted by molar-refractivity contribution is 5.76. The van der Waals surface area contributed by atoms with Gasteiger partial charge in [-0.25, -0.2) is 0 Å². The van der Waals surface area contributed by atoms with Gasteiger partial charge in [0.15, 0.2) is 0 Å². The largest absolute Gasteiger partial charge is 0.377 e. The van der Waals surface area contributed by atoms with Gasteiger partial charge in [-0.05, 0) is 36.3 Å². The molecule has 1 aliphatic rings. The SMILES string of the molecule is CCCOCc1ccccc1CNC(=O)C[C@@H]1CCC[C@H]1N. The number of nitrogens with two attached hydrogens (primary N) is 1. The maximum absolute atomic E-state index is 12.1. The van der Waals surface area contributed by atoms with Crippen molar-refractivity contribution in [3.63, 3.8) is 0 Å². The fraction of sp³-hybridized carbons (Fsp3) is 0.611. The lowest BCUT2D eigenvalue weighted by atomic mass is 10.00. The molecule has 0 heterocycles. The number of amides is 1. The van der Waals surface area contributed by atoms with Crippen molar-refractivity contribution in [2.24, 2.45) is 11.7 Å². The Morgan fingerprint density at radius 3 is 2.77 bits per heavy atom. The molecule has 0 spiro atoms. The van der Waals surface area contributed by atoms with Gasteiger partial charge in [-0.3, -0.25) is 4.79 Å². The zero-order chi connectivity index (χ0) is 15.8. The van der Waals surface area contributed by atoms with E-state index in [0.717, 1.165) is 43.4 Å². The molecular weight excluding hydrogens is 276 g/mol. The summed E-state index contributed by atoms with van der Waals surface area (Å²) >= 11 is 0. The van der Waals surface area contributed by atoms with Crippen molar-refractivity contribution in [1.29, 1.82) is 0 Å². The summed E-state index contributed by atoms with van der Waals surface area (Å²) in [7, 11) is 0. The summed E-state index contributed by atoms with van der Waals surface area (Å²) < 4.78 is 5.61. The average molecular weight is 304 g/mol. The van der Waals surface area contributed by atoms with E-state index >= 15 is 0 Å². The minimum absolute atomic E-state index is 0.103.